The molecule has 1 unspecified atom stereocenters. The van der Waals surface area contributed by atoms with Gasteiger partial charge in [-0.1, -0.05) is 0 Å². The summed E-state index contributed by atoms with van der Waals surface area (Å²) in [5, 5.41) is 12.0. The van der Waals surface area contributed by atoms with Gasteiger partial charge in [0.2, 0.25) is 10.0 Å². The summed E-state index contributed by atoms with van der Waals surface area (Å²) >= 11 is 0. The zero-order valence-corrected chi connectivity index (χ0v) is 10.9. The lowest BCUT2D eigenvalue weighted by atomic mass is 10.4. The van der Waals surface area contributed by atoms with Crippen molar-refractivity contribution in [3.8, 4) is 0 Å². The van der Waals surface area contributed by atoms with Crippen molar-refractivity contribution < 1.29 is 13.5 Å². The lowest BCUT2D eigenvalue weighted by molar-refractivity contribution is 0.171. The molecule has 0 amide bonds. The molecule has 2 N–H and O–H groups in total. The molecule has 0 bridgehead atoms. The van der Waals surface area contributed by atoms with Crippen molar-refractivity contribution in [3.63, 3.8) is 0 Å². The quantitative estimate of drug-likeness (QED) is 0.785. The fraction of sp³-hybridized carbons (Fsp3) is 0.500. The number of anilines is 1. The summed E-state index contributed by atoms with van der Waals surface area (Å²) in [5.41, 5.74) is 0. The maximum absolute atomic E-state index is 12.0. The monoisotopic (exact) mass is 259 g/mol. The van der Waals surface area contributed by atoms with Crippen LogP contribution in [0.3, 0.4) is 0 Å². The van der Waals surface area contributed by atoms with Gasteiger partial charge in [0.15, 0.2) is 0 Å². The van der Waals surface area contributed by atoms with Crippen LogP contribution in [0.15, 0.2) is 23.2 Å². The van der Waals surface area contributed by atoms with Crippen LogP contribution in [0.5, 0.6) is 0 Å². The molecule has 17 heavy (non-hydrogen) atoms. The zero-order valence-electron chi connectivity index (χ0n) is 10.1. The highest BCUT2D eigenvalue weighted by atomic mass is 32.2. The Hall–Kier alpha value is -1.18. The molecule has 1 aromatic rings. The van der Waals surface area contributed by atoms with Gasteiger partial charge in [0.05, 0.1) is 6.10 Å². The predicted molar refractivity (Wildman–Crippen MR) is 65.3 cm³/mol. The summed E-state index contributed by atoms with van der Waals surface area (Å²) in [7, 11) is -0.447. The van der Waals surface area contributed by atoms with E-state index in [1.807, 2.05) is 0 Å². The number of aliphatic hydroxyl groups excluding tert-OH is 1. The number of hydrogen-bond donors (Lipinski definition) is 2. The molecule has 96 valence electrons. The third kappa shape index (κ3) is 3.39. The molecule has 1 atom stereocenters. The van der Waals surface area contributed by atoms with Crippen LogP contribution in [0.1, 0.15) is 6.92 Å². The van der Waals surface area contributed by atoms with Crippen LogP contribution in [0.4, 0.5) is 5.82 Å². The molecule has 0 saturated carbocycles. The van der Waals surface area contributed by atoms with E-state index in [4.69, 9.17) is 0 Å². The average Bonchev–Trinajstić information content (AvgIpc) is 2.28. The maximum atomic E-state index is 12.0. The summed E-state index contributed by atoms with van der Waals surface area (Å²) in [6.45, 7) is 1.59. The number of hydrogen-bond acceptors (Lipinski definition) is 5. The Morgan fingerprint density at radius 2 is 2.18 bits per heavy atom. The average molecular weight is 259 g/mol. The van der Waals surface area contributed by atoms with Crippen molar-refractivity contribution in [3.05, 3.63) is 18.3 Å². The van der Waals surface area contributed by atoms with Crippen LogP contribution < -0.4 is 5.32 Å². The van der Waals surface area contributed by atoms with Crippen LogP contribution in [0, 0.1) is 0 Å². The van der Waals surface area contributed by atoms with E-state index in [1.54, 1.807) is 13.1 Å². The summed E-state index contributed by atoms with van der Waals surface area (Å²) in [4.78, 5) is 4.06. The molecule has 6 nitrogen and oxygen atoms in total. The molecule has 0 aliphatic heterocycles. The molecule has 1 heterocycles. The number of rotatable bonds is 5. The van der Waals surface area contributed by atoms with Gasteiger partial charge in [-0.25, -0.2) is 13.4 Å². The van der Waals surface area contributed by atoms with Gasteiger partial charge < -0.3 is 10.4 Å². The minimum absolute atomic E-state index is 0.0517. The molecule has 0 spiro atoms. The lowest BCUT2D eigenvalue weighted by Gasteiger charge is -2.18. The molecule has 7 heteroatoms. The van der Waals surface area contributed by atoms with Crippen molar-refractivity contribution in [2.24, 2.45) is 0 Å². The molecule has 1 rings (SSSR count). The largest absolute Gasteiger partial charge is 0.392 e. The Morgan fingerprint density at radius 1 is 1.53 bits per heavy atom. The second-order valence-electron chi connectivity index (χ2n) is 3.76. The Balaban J connectivity index is 2.96. The topological polar surface area (TPSA) is 82.5 Å². The van der Waals surface area contributed by atoms with Crippen molar-refractivity contribution >= 4 is 15.8 Å². The van der Waals surface area contributed by atoms with E-state index in [1.165, 1.54) is 26.2 Å². The van der Waals surface area contributed by atoms with Crippen LogP contribution in [-0.2, 0) is 10.0 Å². The van der Waals surface area contributed by atoms with E-state index in [0.717, 1.165) is 4.31 Å². The first-order chi connectivity index (χ1) is 7.87. The second-order valence-corrected chi connectivity index (χ2v) is 5.81. The van der Waals surface area contributed by atoms with E-state index in [9.17, 15) is 13.5 Å². The molecule has 1 aromatic heterocycles. The maximum Gasteiger partial charge on any atom is 0.244 e. The number of nitrogens with one attached hydrogen (secondary N) is 1. The van der Waals surface area contributed by atoms with E-state index >= 15 is 0 Å². The van der Waals surface area contributed by atoms with Crippen molar-refractivity contribution in [2.45, 2.75) is 17.9 Å². The van der Waals surface area contributed by atoms with Gasteiger partial charge >= 0.3 is 0 Å². The molecular weight excluding hydrogens is 242 g/mol. The van der Waals surface area contributed by atoms with E-state index in [2.05, 4.69) is 10.3 Å². The van der Waals surface area contributed by atoms with E-state index in [0.29, 0.717) is 5.82 Å². The van der Waals surface area contributed by atoms with Crippen LogP contribution >= 0.6 is 0 Å². The van der Waals surface area contributed by atoms with Crippen molar-refractivity contribution in [2.75, 3.05) is 26.0 Å². The van der Waals surface area contributed by atoms with Crippen LogP contribution in [-0.4, -0.2) is 49.6 Å². The minimum atomic E-state index is -3.58. The van der Waals surface area contributed by atoms with E-state index in [-0.39, 0.29) is 11.4 Å². The summed E-state index contributed by atoms with van der Waals surface area (Å²) < 4.78 is 25.1. The second kappa shape index (κ2) is 5.44. The molecule has 0 fully saturated rings. The van der Waals surface area contributed by atoms with Gasteiger partial charge in [0.1, 0.15) is 10.7 Å². The molecule has 0 aliphatic rings. The molecular formula is C10H17N3O3S. The first-order valence-electron chi connectivity index (χ1n) is 5.16. The smallest absolute Gasteiger partial charge is 0.244 e. The molecule has 0 saturated heterocycles. The number of nitrogens with zero attached hydrogens (tertiary/aromatic N) is 2. The Kier molecular flexibility index (Phi) is 4.44. The third-order valence-corrected chi connectivity index (χ3v) is 4.03. The number of sulfonamides is 1. The Labute approximate surface area is 101 Å². The number of pyridine rings is 1. The van der Waals surface area contributed by atoms with Gasteiger partial charge in [0.25, 0.3) is 0 Å². The minimum Gasteiger partial charge on any atom is -0.392 e. The highest BCUT2D eigenvalue weighted by Gasteiger charge is 2.22. The Bertz CT molecular complexity index is 456. The summed E-state index contributed by atoms with van der Waals surface area (Å²) in [6.07, 6.45) is 0.582. The highest BCUT2D eigenvalue weighted by Crippen LogP contribution is 2.14. The number of aliphatic hydroxyl groups is 1. The van der Waals surface area contributed by atoms with Crippen molar-refractivity contribution in [1.29, 1.82) is 0 Å². The van der Waals surface area contributed by atoms with Gasteiger partial charge in [-0.3, -0.25) is 0 Å². The van der Waals surface area contributed by atoms with Crippen LogP contribution in [0.25, 0.3) is 0 Å². The third-order valence-electron chi connectivity index (χ3n) is 2.22. The first kappa shape index (κ1) is 13.9. The first-order valence-corrected chi connectivity index (χ1v) is 6.60. The predicted octanol–water partition coefficient (Wildman–Crippen LogP) is 0.125. The summed E-state index contributed by atoms with van der Waals surface area (Å²) in [6, 6.07) is 3.07. The molecule has 0 aliphatic carbocycles. The fourth-order valence-corrected chi connectivity index (χ4v) is 2.53. The van der Waals surface area contributed by atoms with Gasteiger partial charge in [-0.15, -0.1) is 0 Å². The highest BCUT2D eigenvalue weighted by molar-refractivity contribution is 7.89. The lowest BCUT2D eigenvalue weighted by Crippen LogP contribution is -2.33. The van der Waals surface area contributed by atoms with Gasteiger partial charge in [0, 0.05) is 26.8 Å². The van der Waals surface area contributed by atoms with Gasteiger partial charge in [-0.05, 0) is 19.1 Å². The van der Waals surface area contributed by atoms with E-state index < -0.39 is 16.1 Å². The Morgan fingerprint density at radius 3 is 2.59 bits per heavy atom. The SMILES string of the molecule is CNc1ccc(S(=O)(=O)N(C)CC(C)O)cn1. The number of aromatic nitrogens is 1. The fourth-order valence-electron chi connectivity index (χ4n) is 1.33. The molecule has 0 radical (unpaired) electrons. The van der Waals surface area contributed by atoms with Crippen molar-refractivity contribution in [1.82, 2.24) is 9.29 Å². The zero-order chi connectivity index (χ0) is 13.1. The summed E-state index contributed by atoms with van der Waals surface area (Å²) in [5.74, 6) is 0.599. The van der Waals surface area contributed by atoms with Gasteiger partial charge in [-0.2, -0.15) is 4.31 Å². The normalized spacial score (nSPS) is 13.7. The number of likely N-dealkylation sites (N-methyl/N-ethyl adjacent to an activating group) is 1. The molecule has 0 aromatic carbocycles. The van der Waals surface area contributed by atoms with Crippen LogP contribution in [0.2, 0.25) is 0 Å². The standard InChI is InChI=1S/C10H17N3O3S/c1-8(14)7-13(3)17(15,16)9-4-5-10(11-2)12-6-9/h4-6,8,14H,7H2,1-3H3,(H,11,12).